The summed E-state index contributed by atoms with van der Waals surface area (Å²) >= 11 is 0. The van der Waals surface area contributed by atoms with E-state index in [0.717, 1.165) is 12.5 Å². The van der Waals surface area contributed by atoms with Gasteiger partial charge in [0.05, 0.1) is 0 Å². The Morgan fingerprint density at radius 3 is 2.85 bits per heavy atom. The number of aliphatic carboxylic acids is 1. The van der Waals surface area contributed by atoms with Gasteiger partial charge in [-0.2, -0.15) is 0 Å². The van der Waals surface area contributed by atoms with Gasteiger partial charge in [0.25, 0.3) is 0 Å². The summed E-state index contributed by atoms with van der Waals surface area (Å²) in [5.74, 6) is -1.58. The second-order valence-electron chi connectivity index (χ2n) is 2.75. The number of rotatable bonds is 3. The molecule has 1 rings (SSSR count). The highest BCUT2D eigenvalue weighted by atomic mass is 16.7. The number of hydroxylamine groups is 2. The average Bonchev–Trinajstić information content (AvgIpc) is 2.52. The van der Waals surface area contributed by atoms with Gasteiger partial charge in [0.15, 0.2) is 0 Å². The topological polar surface area (TPSA) is 66.8 Å². The molecule has 1 aliphatic rings. The number of nitrogens with zero attached hydrogens (tertiary/aromatic N) is 1. The molecule has 1 atom stereocenters. The maximum Gasteiger partial charge on any atom is 0.349 e. The normalized spacial score (nSPS) is 22.6. The molecule has 0 saturated carbocycles. The molecule has 0 aromatic heterocycles. The van der Waals surface area contributed by atoms with E-state index in [-0.39, 0.29) is 0 Å². The lowest BCUT2D eigenvalue weighted by Gasteiger charge is -2.18. The monoisotopic (exact) mass is 185 g/mol. The minimum absolute atomic E-state index is 0.469. The Kier molecular flexibility index (Phi) is 3.02. The van der Waals surface area contributed by atoms with E-state index in [9.17, 15) is 9.59 Å². The fraction of sp³-hybridized carbons (Fsp3) is 0.500. The first-order valence-electron chi connectivity index (χ1n) is 3.99. The van der Waals surface area contributed by atoms with E-state index in [1.807, 2.05) is 0 Å². The Balaban J connectivity index is 2.53. The van der Waals surface area contributed by atoms with Crippen molar-refractivity contribution in [2.75, 3.05) is 6.54 Å². The molecular weight excluding hydrogens is 174 g/mol. The van der Waals surface area contributed by atoms with Crippen LogP contribution in [-0.4, -0.2) is 34.7 Å². The maximum absolute atomic E-state index is 10.8. The highest BCUT2D eigenvalue weighted by Gasteiger charge is 2.33. The molecule has 5 nitrogen and oxygen atoms in total. The van der Waals surface area contributed by atoms with Gasteiger partial charge in [0.2, 0.25) is 0 Å². The largest absolute Gasteiger partial charge is 0.480 e. The van der Waals surface area contributed by atoms with Crippen molar-refractivity contribution in [1.82, 2.24) is 5.06 Å². The minimum atomic E-state index is -0.964. The molecule has 0 unspecified atom stereocenters. The highest BCUT2D eigenvalue weighted by Crippen LogP contribution is 2.17. The minimum Gasteiger partial charge on any atom is -0.480 e. The summed E-state index contributed by atoms with van der Waals surface area (Å²) in [6.07, 6.45) is 2.25. The van der Waals surface area contributed by atoms with Crippen LogP contribution >= 0.6 is 0 Å². The van der Waals surface area contributed by atoms with Crippen LogP contribution in [0.1, 0.15) is 12.8 Å². The van der Waals surface area contributed by atoms with Gasteiger partial charge < -0.3 is 9.94 Å². The van der Waals surface area contributed by atoms with Crippen LogP contribution in [-0.2, 0) is 14.4 Å². The second kappa shape index (κ2) is 4.04. The van der Waals surface area contributed by atoms with E-state index in [4.69, 9.17) is 9.94 Å². The van der Waals surface area contributed by atoms with Crippen LogP contribution in [0.5, 0.6) is 0 Å². The summed E-state index contributed by atoms with van der Waals surface area (Å²) < 4.78 is 0. The van der Waals surface area contributed by atoms with Gasteiger partial charge in [0, 0.05) is 12.6 Å². The molecule has 13 heavy (non-hydrogen) atoms. The standard InChI is InChI=1S/C8H11NO4/c1-2-7(10)13-9-5-3-4-6(9)8(11)12/h2,6H,1,3-5H2,(H,11,12)/t6-/m0/s1. The molecule has 5 heteroatoms. The SMILES string of the molecule is C=CC(=O)ON1CCC[C@H]1C(=O)O. The zero-order chi connectivity index (χ0) is 9.84. The van der Waals surface area contributed by atoms with Crippen LogP contribution in [0, 0.1) is 0 Å². The first kappa shape index (κ1) is 9.73. The number of carboxylic acid groups (broad SMARTS) is 1. The van der Waals surface area contributed by atoms with Gasteiger partial charge in [-0.25, -0.2) is 4.79 Å². The molecule has 0 bridgehead atoms. The third-order valence-electron chi connectivity index (χ3n) is 1.86. The van der Waals surface area contributed by atoms with Gasteiger partial charge in [-0.1, -0.05) is 6.58 Å². The summed E-state index contributed by atoms with van der Waals surface area (Å²) in [5, 5.41) is 9.90. The molecule has 0 radical (unpaired) electrons. The van der Waals surface area contributed by atoms with Gasteiger partial charge in [0.1, 0.15) is 6.04 Å². The predicted molar refractivity (Wildman–Crippen MR) is 43.7 cm³/mol. The van der Waals surface area contributed by atoms with E-state index < -0.39 is 18.0 Å². The average molecular weight is 185 g/mol. The van der Waals surface area contributed by atoms with Crippen LogP contribution in [0.3, 0.4) is 0 Å². The van der Waals surface area contributed by atoms with Crippen molar-refractivity contribution >= 4 is 11.9 Å². The molecule has 0 amide bonds. The Hall–Kier alpha value is -1.36. The molecule has 0 spiro atoms. The van der Waals surface area contributed by atoms with Crippen LogP contribution in [0.4, 0.5) is 0 Å². The molecule has 1 N–H and O–H groups in total. The lowest BCUT2D eigenvalue weighted by molar-refractivity contribution is -0.193. The predicted octanol–water partition coefficient (Wildman–Crippen LogP) is 0.180. The van der Waals surface area contributed by atoms with Gasteiger partial charge in [-0.15, -0.1) is 5.06 Å². The third kappa shape index (κ3) is 2.29. The molecule has 1 aliphatic heterocycles. The van der Waals surface area contributed by atoms with Crippen LogP contribution in [0.25, 0.3) is 0 Å². The number of carboxylic acids is 1. The van der Waals surface area contributed by atoms with E-state index >= 15 is 0 Å². The highest BCUT2D eigenvalue weighted by molar-refractivity contribution is 5.81. The van der Waals surface area contributed by atoms with Crippen molar-refractivity contribution < 1.29 is 19.5 Å². The lowest BCUT2D eigenvalue weighted by Crippen LogP contribution is -2.37. The van der Waals surface area contributed by atoms with Crippen molar-refractivity contribution in [2.45, 2.75) is 18.9 Å². The third-order valence-corrected chi connectivity index (χ3v) is 1.86. The lowest BCUT2D eigenvalue weighted by atomic mass is 10.2. The van der Waals surface area contributed by atoms with E-state index in [2.05, 4.69) is 6.58 Å². The fourth-order valence-electron chi connectivity index (χ4n) is 1.25. The summed E-state index contributed by atoms with van der Waals surface area (Å²) in [7, 11) is 0. The van der Waals surface area contributed by atoms with Crippen molar-refractivity contribution in [1.29, 1.82) is 0 Å². The zero-order valence-corrected chi connectivity index (χ0v) is 7.10. The molecule has 0 aliphatic carbocycles. The Morgan fingerprint density at radius 1 is 1.62 bits per heavy atom. The molecule has 1 saturated heterocycles. The summed E-state index contributed by atoms with van der Waals surface area (Å²) in [6, 6.07) is -0.705. The first-order valence-corrected chi connectivity index (χ1v) is 3.99. The molecule has 1 fully saturated rings. The molecule has 0 aromatic rings. The molecule has 0 aromatic carbocycles. The van der Waals surface area contributed by atoms with Crippen LogP contribution in [0.2, 0.25) is 0 Å². The quantitative estimate of drug-likeness (QED) is 0.635. The number of hydrogen-bond donors (Lipinski definition) is 1. The van der Waals surface area contributed by atoms with Gasteiger partial charge in [-0.05, 0) is 12.8 Å². The number of carbonyl (C=O) groups is 2. The molecule has 1 heterocycles. The molecular formula is C8H11NO4. The maximum atomic E-state index is 10.8. The van der Waals surface area contributed by atoms with Crippen molar-refractivity contribution in [3.8, 4) is 0 Å². The smallest absolute Gasteiger partial charge is 0.349 e. The summed E-state index contributed by atoms with van der Waals surface area (Å²) in [6.45, 7) is 3.69. The Bertz CT molecular complexity index is 238. The second-order valence-corrected chi connectivity index (χ2v) is 2.75. The summed E-state index contributed by atoms with van der Waals surface area (Å²) in [5.41, 5.74) is 0. The van der Waals surface area contributed by atoms with Crippen LogP contribution < -0.4 is 0 Å². The molecule has 72 valence electrons. The van der Waals surface area contributed by atoms with E-state index in [1.54, 1.807) is 0 Å². The van der Waals surface area contributed by atoms with Gasteiger partial charge >= 0.3 is 11.9 Å². The fourth-order valence-corrected chi connectivity index (χ4v) is 1.25. The zero-order valence-electron chi connectivity index (χ0n) is 7.10. The Morgan fingerprint density at radius 2 is 2.31 bits per heavy atom. The van der Waals surface area contributed by atoms with E-state index in [1.165, 1.54) is 5.06 Å². The first-order chi connectivity index (χ1) is 6.15. The van der Waals surface area contributed by atoms with Crippen LogP contribution in [0.15, 0.2) is 12.7 Å². The van der Waals surface area contributed by atoms with Crippen molar-refractivity contribution in [3.63, 3.8) is 0 Å². The number of hydrogen-bond acceptors (Lipinski definition) is 4. The number of carbonyl (C=O) groups excluding carboxylic acids is 1. The van der Waals surface area contributed by atoms with Crippen molar-refractivity contribution in [2.24, 2.45) is 0 Å². The van der Waals surface area contributed by atoms with Gasteiger partial charge in [-0.3, -0.25) is 4.79 Å². The Labute approximate surface area is 75.5 Å². The van der Waals surface area contributed by atoms with E-state index in [0.29, 0.717) is 13.0 Å². The summed E-state index contributed by atoms with van der Waals surface area (Å²) in [4.78, 5) is 26.1. The van der Waals surface area contributed by atoms with Crippen molar-refractivity contribution in [3.05, 3.63) is 12.7 Å².